The molecule has 0 saturated carbocycles. The Morgan fingerprint density at radius 2 is 2.00 bits per heavy atom. The van der Waals surface area contributed by atoms with Gasteiger partial charge in [-0.05, 0) is 30.2 Å². The minimum absolute atomic E-state index is 0.178. The van der Waals surface area contributed by atoms with Crippen LogP contribution in [0.2, 0.25) is 5.15 Å². The molecule has 3 aromatic rings. The highest BCUT2D eigenvalue weighted by Crippen LogP contribution is 2.25. The highest BCUT2D eigenvalue weighted by Gasteiger charge is 2.17. The number of benzene rings is 1. The van der Waals surface area contributed by atoms with E-state index in [-0.39, 0.29) is 22.8 Å². The quantitative estimate of drug-likeness (QED) is 0.653. The normalized spacial score (nSPS) is 12.0. The van der Waals surface area contributed by atoms with Crippen LogP contribution in [0.25, 0.3) is 11.3 Å². The fraction of sp³-hybridized carbons (Fsp3) is 0.211. The zero-order valence-electron chi connectivity index (χ0n) is 14.4. The number of carbonyl (C=O) groups is 1. The van der Waals surface area contributed by atoms with Gasteiger partial charge in [-0.2, -0.15) is 5.10 Å². The lowest BCUT2D eigenvalue weighted by atomic mass is 10.1. The average molecular weight is 370 g/mol. The molecule has 134 valence electrons. The van der Waals surface area contributed by atoms with E-state index in [1.54, 1.807) is 23.0 Å². The van der Waals surface area contributed by atoms with Crippen LogP contribution in [-0.4, -0.2) is 33.3 Å². The van der Waals surface area contributed by atoms with Crippen LogP contribution in [0.4, 0.5) is 0 Å². The van der Waals surface area contributed by atoms with E-state index in [2.05, 4.69) is 15.4 Å². The molecule has 3 rings (SSSR count). The van der Waals surface area contributed by atoms with Gasteiger partial charge in [0, 0.05) is 31.4 Å². The molecule has 1 amide bonds. The Morgan fingerprint density at radius 3 is 2.62 bits per heavy atom. The number of pyridine rings is 1. The number of aromatic nitrogens is 3. The van der Waals surface area contributed by atoms with Gasteiger partial charge in [-0.25, -0.2) is 4.98 Å². The van der Waals surface area contributed by atoms with E-state index in [1.807, 2.05) is 43.4 Å². The molecule has 0 bridgehead atoms. The third kappa shape index (κ3) is 4.09. The molecule has 0 saturated heterocycles. The number of amides is 1. The van der Waals surface area contributed by atoms with Crippen molar-refractivity contribution in [2.75, 3.05) is 6.54 Å². The van der Waals surface area contributed by atoms with Crippen LogP contribution in [-0.2, 0) is 13.5 Å². The molecule has 0 aliphatic heterocycles. The smallest absolute Gasteiger partial charge is 0.270 e. The lowest BCUT2D eigenvalue weighted by molar-refractivity contribution is 0.0933. The second-order valence-electron chi connectivity index (χ2n) is 5.97. The number of hydrogen-bond donors (Lipinski definition) is 2. The summed E-state index contributed by atoms with van der Waals surface area (Å²) in [6.45, 7) is 0.335. The summed E-state index contributed by atoms with van der Waals surface area (Å²) in [5.41, 5.74) is 8.74. The Balaban J connectivity index is 1.73. The molecule has 6 nitrogen and oxygen atoms in total. The number of carbonyl (C=O) groups excluding carboxylic acids is 1. The van der Waals surface area contributed by atoms with E-state index in [9.17, 15) is 4.79 Å². The Kier molecular flexibility index (Phi) is 5.65. The number of halogens is 1. The van der Waals surface area contributed by atoms with Crippen molar-refractivity contribution in [3.63, 3.8) is 0 Å². The summed E-state index contributed by atoms with van der Waals surface area (Å²) in [6, 6.07) is 15.0. The third-order valence-electron chi connectivity index (χ3n) is 4.12. The molecule has 1 atom stereocenters. The van der Waals surface area contributed by atoms with Crippen molar-refractivity contribution >= 4 is 17.5 Å². The fourth-order valence-corrected chi connectivity index (χ4v) is 2.99. The zero-order chi connectivity index (χ0) is 18.5. The summed E-state index contributed by atoms with van der Waals surface area (Å²) < 4.78 is 1.70. The van der Waals surface area contributed by atoms with Gasteiger partial charge in [-0.15, -0.1) is 0 Å². The molecule has 0 aliphatic rings. The number of nitrogens with zero attached hydrogens (tertiary/aromatic N) is 3. The number of aryl methyl sites for hydroxylation is 1. The third-order valence-corrected chi connectivity index (χ3v) is 4.41. The first-order valence-electron chi connectivity index (χ1n) is 8.28. The summed E-state index contributed by atoms with van der Waals surface area (Å²) >= 11 is 6.28. The van der Waals surface area contributed by atoms with Crippen molar-refractivity contribution in [3.05, 3.63) is 71.1 Å². The Labute approximate surface area is 157 Å². The van der Waals surface area contributed by atoms with E-state index >= 15 is 0 Å². The molecule has 0 fully saturated rings. The first kappa shape index (κ1) is 18.1. The van der Waals surface area contributed by atoms with Crippen molar-refractivity contribution in [3.8, 4) is 11.3 Å². The molecule has 0 spiro atoms. The summed E-state index contributed by atoms with van der Waals surface area (Å²) in [5, 5.41) is 7.30. The van der Waals surface area contributed by atoms with Crippen LogP contribution in [0, 0.1) is 0 Å². The molecule has 1 aromatic carbocycles. The van der Waals surface area contributed by atoms with E-state index in [4.69, 9.17) is 17.3 Å². The summed E-state index contributed by atoms with van der Waals surface area (Å²) in [4.78, 5) is 16.8. The Hall–Kier alpha value is -2.70. The van der Waals surface area contributed by atoms with Crippen LogP contribution in [0.3, 0.4) is 0 Å². The molecule has 3 N–H and O–H groups in total. The molecule has 7 heteroatoms. The van der Waals surface area contributed by atoms with Crippen LogP contribution in [0.1, 0.15) is 16.1 Å². The molecule has 0 aliphatic carbocycles. The van der Waals surface area contributed by atoms with Gasteiger partial charge in [0.2, 0.25) is 0 Å². The van der Waals surface area contributed by atoms with Gasteiger partial charge >= 0.3 is 0 Å². The highest BCUT2D eigenvalue weighted by atomic mass is 35.5. The minimum atomic E-state index is -0.296. The van der Waals surface area contributed by atoms with Gasteiger partial charge < -0.3 is 11.1 Å². The van der Waals surface area contributed by atoms with Gasteiger partial charge in [0.25, 0.3) is 5.91 Å². The summed E-state index contributed by atoms with van der Waals surface area (Å²) in [7, 11) is 1.82. The Morgan fingerprint density at radius 1 is 1.23 bits per heavy atom. The molecular weight excluding hydrogens is 350 g/mol. The first-order valence-corrected chi connectivity index (χ1v) is 8.66. The van der Waals surface area contributed by atoms with E-state index in [0.29, 0.717) is 13.0 Å². The summed E-state index contributed by atoms with van der Waals surface area (Å²) in [6.07, 6.45) is 2.34. The maximum absolute atomic E-state index is 12.5. The average Bonchev–Trinajstić information content (AvgIpc) is 3.07. The van der Waals surface area contributed by atoms with Crippen molar-refractivity contribution in [1.29, 1.82) is 0 Å². The zero-order valence-corrected chi connectivity index (χ0v) is 15.1. The van der Waals surface area contributed by atoms with Crippen LogP contribution >= 0.6 is 11.6 Å². The molecule has 2 heterocycles. The topological polar surface area (TPSA) is 85.8 Å². The van der Waals surface area contributed by atoms with Crippen molar-refractivity contribution in [2.24, 2.45) is 12.8 Å². The molecule has 2 aromatic heterocycles. The van der Waals surface area contributed by atoms with Gasteiger partial charge in [-0.3, -0.25) is 9.48 Å². The number of nitrogens with one attached hydrogen (secondary N) is 1. The Bertz CT molecular complexity index is 894. The predicted octanol–water partition coefficient (Wildman–Crippen LogP) is 2.44. The maximum atomic E-state index is 12.5. The standard InChI is InChI=1S/C19H20ClN5O/c1-25-17(9-10-22-25)15-7-8-16(24-18(15)20)19(26)23-14(12-21)11-13-5-3-2-4-6-13/h2-10,14H,11-12,21H2,1H3,(H,23,26). The largest absolute Gasteiger partial charge is 0.346 e. The van der Waals surface area contributed by atoms with Crippen LogP contribution in [0.5, 0.6) is 0 Å². The highest BCUT2D eigenvalue weighted by molar-refractivity contribution is 6.32. The SMILES string of the molecule is Cn1nccc1-c1ccc(C(=O)NC(CN)Cc2ccccc2)nc1Cl. The second kappa shape index (κ2) is 8.12. The summed E-state index contributed by atoms with van der Waals surface area (Å²) in [5.74, 6) is -0.296. The number of hydrogen-bond acceptors (Lipinski definition) is 4. The molecule has 1 unspecified atom stereocenters. The number of rotatable bonds is 6. The maximum Gasteiger partial charge on any atom is 0.270 e. The minimum Gasteiger partial charge on any atom is -0.346 e. The first-order chi connectivity index (χ1) is 12.6. The van der Waals surface area contributed by atoms with Gasteiger partial charge in [-0.1, -0.05) is 41.9 Å². The predicted molar refractivity (Wildman–Crippen MR) is 102 cm³/mol. The van der Waals surface area contributed by atoms with Crippen molar-refractivity contribution in [1.82, 2.24) is 20.1 Å². The van der Waals surface area contributed by atoms with Crippen LogP contribution in [0.15, 0.2) is 54.7 Å². The van der Waals surface area contributed by atoms with E-state index < -0.39 is 0 Å². The second-order valence-corrected chi connectivity index (χ2v) is 6.33. The van der Waals surface area contributed by atoms with Crippen LogP contribution < -0.4 is 11.1 Å². The lowest BCUT2D eigenvalue weighted by Crippen LogP contribution is -2.42. The molecule has 0 radical (unpaired) electrons. The fourth-order valence-electron chi connectivity index (χ4n) is 2.74. The van der Waals surface area contributed by atoms with E-state index in [1.165, 1.54) is 0 Å². The van der Waals surface area contributed by atoms with Gasteiger partial charge in [0.1, 0.15) is 10.8 Å². The molecule has 26 heavy (non-hydrogen) atoms. The van der Waals surface area contributed by atoms with Gasteiger partial charge in [0.15, 0.2) is 0 Å². The number of nitrogens with two attached hydrogens (primary N) is 1. The lowest BCUT2D eigenvalue weighted by Gasteiger charge is -2.17. The monoisotopic (exact) mass is 369 g/mol. The van der Waals surface area contributed by atoms with Crippen molar-refractivity contribution < 1.29 is 4.79 Å². The molecular formula is C19H20ClN5O. The van der Waals surface area contributed by atoms with Crippen molar-refractivity contribution in [2.45, 2.75) is 12.5 Å². The van der Waals surface area contributed by atoms with E-state index in [0.717, 1.165) is 16.8 Å². The van der Waals surface area contributed by atoms with Gasteiger partial charge in [0.05, 0.1) is 5.69 Å².